The Bertz CT molecular complexity index is 897. The van der Waals surface area contributed by atoms with Crippen molar-refractivity contribution < 1.29 is 13.2 Å². The molecule has 6 nitrogen and oxygen atoms in total. The number of amides is 1. The van der Waals surface area contributed by atoms with Crippen LogP contribution in [0.5, 0.6) is 0 Å². The molecule has 1 atom stereocenters. The van der Waals surface area contributed by atoms with Crippen LogP contribution in [-0.2, 0) is 10.0 Å². The summed E-state index contributed by atoms with van der Waals surface area (Å²) in [4.78, 5) is 12.3. The van der Waals surface area contributed by atoms with Crippen LogP contribution in [0.25, 0.3) is 0 Å². The number of nitrogens with one attached hydrogen (secondary N) is 2. The summed E-state index contributed by atoms with van der Waals surface area (Å²) in [5.41, 5.74) is 7.74. The van der Waals surface area contributed by atoms with Gasteiger partial charge in [-0.05, 0) is 61.6 Å². The van der Waals surface area contributed by atoms with Crippen LogP contribution in [0.1, 0.15) is 28.8 Å². The number of nitrogens with two attached hydrogens (primary N) is 1. The highest BCUT2D eigenvalue weighted by Gasteiger charge is 2.28. The molecule has 0 spiro atoms. The van der Waals surface area contributed by atoms with E-state index in [0.29, 0.717) is 23.7 Å². The maximum absolute atomic E-state index is 12.5. The summed E-state index contributed by atoms with van der Waals surface area (Å²) < 4.78 is 27.6. The topological polar surface area (TPSA) is 101 Å². The van der Waals surface area contributed by atoms with Crippen molar-refractivity contribution >= 4 is 34.0 Å². The lowest BCUT2D eigenvalue weighted by Crippen LogP contribution is -2.38. The van der Waals surface area contributed by atoms with E-state index in [0.717, 1.165) is 18.4 Å². The molecule has 0 saturated heterocycles. The summed E-state index contributed by atoms with van der Waals surface area (Å²) in [5.74, 6) is 0.257. The second-order valence-corrected chi connectivity index (χ2v) is 8.34. The van der Waals surface area contributed by atoms with Crippen molar-refractivity contribution in [1.29, 1.82) is 0 Å². The Morgan fingerprint density at radius 1 is 1.15 bits per heavy atom. The minimum atomic E-state index is -3.71. The van der Waals surface area contributed by atoms with Gasteiger partial charge in [-0.3, -0.25) is 9.52 Å². The quantitative estimate of drug-likeness (QED) is 0.654. The number of carbonyl (C=O) groups excluding carboxylic acids is 1. The number of hydrogen-bond acceptors (Lipinski definition) is 4. The molecule has 0 heterocycles. The molecule has 0 bridgehead atoms. The largest absolute Gasteiger partial charge is 0.350 e. The summed E-state index contributed by atoms with van der Waals surface area (Å²) in [7, 11) is -3.71. The summed E-state index contributed by atoms with van der Waals surface area (Å²) in [6, 6.07) is 13.0. The first-order chi connectivity index (χ1) is 12.4. The molecule has 146 valence electrons. The third-order valence-corrected chi connectivity index (χ3v) is 5.92. The van der Waals surface area contributed by atoms with Crippen LogP contribution in [0.15, 0.2) is 53.4 Å². The van der Waals surface area contributed by atoms with Crippen LogP contribution in [0.3, 0.4) is 0 Å². The Balaban J connectivity index is 0.00000261. The number of sulfonamides is 1. The number of anilines is 1. The minimum Gasteiger partial charge on any atom is -0.350 e. The maximum atomic E-state index is 12.5. The number of aryl methyl sites for hydroxylation is 1. The Kier molecular flexibility index (Phi) is 6.86. The molecule has 1 aliphatic carbocycles. The van der Waals surface area contributed by atoms with Crippen LogP contribution in [0.4, 0.5) is 5.69 Å². The third kappa shape index (κ3) is 5.45. The minimum absolute atomic E-state index is 0. The van der Waals surface area contributed by atoms with Crippen LogP contribution >= 0.6 is 12.4 Å². The molecule has 0 radical (unpaired) electrons. The molecule has 3 rings (SSSR count). The molecule has 1 fully saturated rings. The van der Waals surface area contributed by atoms with Crippen LogP contribution < -0.4 is 15.8 Å². The van der Waals surface area contributed by atoms with Crippen molar-refractivity contribution in [2.75, 3.05) is 11.3 Å². The van der Waals surface area contributed by atoms with Gasteiger partial charge < -0.3 is 11.1 Å². The molecule has 1 amide bonds. The number of hydrogen-bond donors (Lipinski definition) is 3. The van der Waals surface area contributed by atoms with Gasteiger partial charge in [-0.15, -0.1) is 12.4 Å². The fraction of sp³-hybridized carbons (Fsp3) is 0.316. The molecular weight excluding hydrogens is 386 g/mol. The van der Waals surface area contributed by atoms with Gasteiger partial charge in [0.25, 0.3) is 15.9 Å². The van der Waals surface area contributed by atoms with Gasteiger partial charge in [0.2, 0.25) is 0 Å². The molecular formula is C19H24ClN3O3S. The van der Waals surface area contributed by atoms with Crippen molar-refractivity contribution in [3.63, 3.8) is 0 Å². The second kappa shape index (κ2) is 8.73. The number of halogens is 1. The summed E-state index contributed by atoms with van der Waals surface area (Å²) in [5, 5.41) is 2.80. The van der Waals surface area contributed by atoms with E-state index in [9.17, 15) is 13.2 Å². The molecule has 2 aromatic carbocycles. The third-order valence-electron chi connectivity index (χ3n) is 4.54. The SMILES string of the molecule is Cc1ccccc1NS(=O)(=O)c1ccc(C(=O)NCC(N)C2CC2)cc1.Cl. The second-order valence-electron chi connectivity index (χ2n) is 6.66. The van der Waals surface area contributed by atoms with Crippen molar-refractivity contribution in [3.05, 3.63) is 59.7 Å². The maximum Gasteiger partial charge on any atom is 0.261 e. The monoisotopic (exact) mass is 409 g/mol. The van der Waals surface area contributed by atoms with Gasteiger partial charge in [-0.1, -0.05) is 18.2 Å². The lowest BCUT2D eigenvalue weighted by atomic mass is 10.2. The highest BCUT2D eigenvalue weighted by molar-refractivity contribution is 7.92. The normalized spacial score (nSPS) is 14.7. The Morgan fingerprint density at radius 2 is 1.78 bits per heavy atom. The number of carbonyl (C=O) groups is 1. The van der Waals surface area contributed by atoms with E-state index in [1.165, 1.54) is 24.3 Å². The van der Waals surface area contributed by atoms with Gasteiger partial charge in [0.05, 0.1) is 10.6 Å². The first kappa shape index (κ1) is 21.2. The van der Waals surface area contributed by atoms with E-state index in [2.05, 4.69) is 10.0 Å². The average molecular weight is 410 g/mol. The van der Waals surface area contributed by atoms with Gasteiger partial charge >= 0.3 is 0 Å². The standard InChI is InChI=1S/C19H23N3O3S.ClH/c1-13-4-2-3-5-18(13)22-26(24,25)16-10-8-15(9-11-16)19(23)21-12-17(20)14-6-7-14;/h2-5,8-11,14,17,22H,6-7,12,20H2,1H3,(H,21,23);1H. The van der Waals surface area contributed by atoms with E-state index < -0.39 is 10.0 Å². The van der Waals surface area contributed by atoms with Crippen molar-refractivity contribution in [3.8, 4) is 0 Å². The molecule has 2 aromatic rings. The molecule has 0 aromatic heterocycles. The van der Waals surface area contributed by atoms with Crippen molar-refractivity contribution in [1.82, 2.24) is 5.32 Å². The van der Waals surface area contributed by atoms with Gasteiger partial charge in [0.15, 0.2) is 0 Å². The highest BCUT2D eigenvalue weighted by Crippen LogP contribution is 2.31. The molecule has 1 aliphatic rings. The summed E-state index contributed by atoms with van der Waals surface area (Å²) in [6.07, 6.45) is 2.25. The molecule has 1 saturated carbocycles. The van der Waals surface area contributed by atoms with E-state index in [1.807, 2.05) is 19.1 Å². The lowest BCUT2D eigenvalue weighted by Gasteiger charge is -2.12. The predicted octanol–water partition coefficient (Wildman–Crippen LogP) is 2.68. The summed E-state index contributed by atoms with van der Waals surface area (Å²) >= 11 is 0. The summed E-state index contributed by atoms with van der Waals surface area (Å²) in [6.45, 7) is 2.26. The molecule has 27 heavy (non-hydrogen) atoms. The van der Waals surface area contributed by atoms with Crippen LogP contribution in [-0.4, -0.2) is 26.9 Å². The fourth-order valence-corrected chi connectivity index (χ4v) is 3.81. The first-order valence-electron chi connectivity index (χ1n) is 8.59. The fourth-order valence-electron chi connectivity index (χ4n) is 2.68. The van der Waals surface area contributed by atoms with Crippen LogP contribution in [0.2, 0.25) is 0 Å². The Labute approximate surface area is 166 Å². The first-order valence-corrected chi connectivity index (χ1v) is 10.1. The lowest BCUT2D eigenvalue weighted by molar-refractivity contribution is 0.0950. The number of benzene rings is 2. The van der Waals surface area contributed by atoms with Crippen molar-refractivity contribution in [2.45, 2.75) is 30.7 Å². The average Bonchev–Trinajstić information content (AvgIpc) is 3.46. The molecule has 4 N–H and O–H groups in total. The van der Waals surface area contributed by atoms with E-state index in [-0.39, 0.29) is 29.3 Å². The molecule has 0 aliphatic heterocycles. The van der Waals surface area contributed by atoms with E-state index in [1.54, 1.807) is 12.1 Å². The molecule has 1 unspecified atom stereocenters. The zero-order valence-electron chi connectivity index (χ0n) is 15.0. The van der Waals surface area contributed by atoms with Crippen molar-refractivity contribution in [2.24, 2.45) is 11.7 Å². The van der Waals surface area contributed by atoms with E-state index >= 15 is 0 Å². The Morgan fingerprint density at radius 3 is 2.37 bits per heavy atom. The smallest absolute Gasteiger partial charge is 0.261 e. The molecule has 8 heteroatoms. The zero-order chi connectivity index (χ0) is 18.7. The van der Waals surface area contributed by atoms with Gasteiger partial charge in [0.1, 0.15) is 0 Å². The number of rotatable bonds is 7. The van der Waals surface area contributed by atoms with E-state index in [4.69, 9.17) is 5.73 Å². The van der Waals surface area contributed by atoms with Gasteiger partial charge in [-0.2, -0.15) is 0 Å². The highest BCUT2D eigenvalue weighted by atomic mass is 35.5. The van der Waals surface area contributed by atoms with Gasteiger partial charge in [-0.25, -0.2) is 8.42 Å². The zero-order valence-corrected chi connectivity index (χ0v) is 16.6. The van der Waals surface area contributed by atoms with Crippen LogP contribution in [0, 0.1) is 12.8 Å². The predicted molar refractivity (Wildman–Crippen MR) is 109 cm³/mol. The Hall–Kier alpha value is -2.09. The number of para-hydroxylation sites is 1. The van der Waals surface area contributed by atoms with Gasteiger partial charge in [0, 0.05) is 18.2 Å².